The fourth-order valence-electron chi connectivity index (χ4n) is 3.22. The van der Waals surface area contributed by atoms with Crippen molar-refractivity contribution in [3.05, 3.63) is 42.0 Å². The third kappa shape index (κ3) is 2.42. The van der Waals surface area contributed by atoms with Gasteiger partial charge in [-0.25, -0.2) is 0 Å². The molecule has 0 spiro atoms. The van der Waals surface area contributed by atoms with Crippen LogP contribution < -0.4 is 10.6 Å². The normalized spacial score (nSPS) is 19.4. The number of benzene rings is 2. The van der Waals surface area contributed by atoms with Crippen LogP contribution >= 0.6 is 0 Å². The molecular weight excluding hydrogens is 262 g/mol. The Hall–Kier alpha value is -2.23. The second-order valence-electron chi connectivity index (χ2n) is 5.67. The summed E-state index contributed by atoms with van der Waals surface area (Å²) in [7, 11) is 0. The van der Waals surface area contributed by atoms with E-state index in [0.29, 0.717) is 0 Å². The lowest BCUT2D eigenvalue weighted by Crippen LogP contribution is -2.20. The molecule has 0 aromatic heterocycles. The average molecular weight is 283 g/mol. The van der Waals surface area contributed by atoms with Gasteiger partial charge in [0.2, 0.25) is 0 Å². The van der Waals surface area contributed by atoms with Gasteiger partial charge in [0.15, 0.2) is 5.84 Å². The van der Waals surface area contributed by atoms with Crippen molar-refractivity contribution < 1.29 is 5.21 Å². The van der Waals surface area contributed by atoms with E-state index in [-0.39, 0.29) is 5.84 Å². The van der Waals surface area contributed by atoms with Crippen LogP contribution in [0.1, 0.15) is 25.3 Å². The summed E-state index contributed by atoms with van der Waals surface area (Å²) in [5.41, 5.74) is 7.82. The molecule has 1 aliphatic rings. The standard InChI is InChI=1S/C17H21N3O/c1-2-12-9-10-20(11-12)16-8-7-15(17(18)19-21)13-5-3-4-6-14(13)16/h3-8,12,21H,2,9-11H2,1H3,(H2,18,19). The molecule has 0 saturated carbocycles. The zero-order chi connectivity index (χ0) is 14.8. The number of hydrogen-bond acceptors (Lipinski definition) is 3. The minimum atomic E-state index is 0.158. The number of rotatable bonds is 3. The lowest BCUT2D eigenvalue weighted by Gasteiger charge is -2.21. The lowest BCUT2D eigenvalue weighted by atomic mass is 10.0. The monoisotopic (exact) mass is 283 g/mol. The second-order valence-corrected chi connectivity index (χ2v) is 5.67. The summed E-state index contributed by atoms with van der Waals surface area (Å²) < 4.78 is 0. The first-order chi connectivity index (χ1) is 10.2. The van der Waals surface area contributed by atoms with E-state index in [1.54, 1.807) is 0 Å². The van der Waals surface area contributed by atoms with Crippen LogP contribution in [0.3, 0.4) is 0 Å². The van der Waals surface area contributed by atoms with E-state index in [0.717, 1.165) is 30.0 Å². The molecule has 1 atom stereocenters. The summed E-state index contributed by atoms with van der Waals surface area (Å²) in [4.78, 5) is 2.45. The molecule has 1 aliphatic heterocycles. The van der Waals surface area contributed by atoms with Crippen LogP contribution in [0.25, 0.3) is 10.8 Å². The van der Waals surface area contributed by atoms with Crippen LogP contribution in [-0.4, -0.2) is 24.1 Å². The zero-order valence-electron chi connectivity index (χ0n) is 12.3. The van der Waals surface area contributed by atoms with Crippen molar-refractivity contribution >= 4 is 22.3 Å². The van der Waals surface area contributed by atoms with Crippen LogP contribution in [0.4, 0.5) is 5.69 Å². The number of anilines is 1. The number of nitrogens with zero attached hydrogens (tertiary/aromatic N) is 2. The number of oxime groups is 1. The third-order valence-electron chi connectivity index (χ3n) is 4.49. The summed E-state index contributed by atoms with van der Waals surface area (Å²) in [5, 5.41) is 14.3. The number of nitrogens with two attached hydrogens (primary N) is 1. The maximum Gasteiger partial charge on any atom is 0.170 e. The van der Waals surface area contributed by atoms with Gasteiger partial charge < -0.3 is 15.8 Å². The van der Waals surface area contributed by atoms with E-state index in [9.17, 15) is 0 Å². The molecule has 21 heavy (non-hydrogen) atoms. The molecule has 0 amide bonds. The summed E-state index contributed by atoms with van der Waals surface area (Å²) in [6.07, 6.45) is 2.49. The van der Waals surface area contributed by atoms with Crippen molar-refractivity contribution in [3.8, 4) is 0 Å². The van der Waals surface area contributed by atoms with Gasteiger partial charge in [-0.15, -0.1) is 0 Å². The Kier molecular flexibility index (Phi) is 3.69. The molecule has 2 aromatic carbocycles. The highest BCUT2D eigenvalue weighted by Crippen LogP contribution is 2.33. The highest BCUT2D eigenvalue weighted by molar-refractivity contribution is 6.11. The maximum absolute atomic E-state index is 8.95. The lowest BCUT2D eigenvalue weighted by molar-refractivity contribution is 0.318. The van der Waals surface area contributed by atoms with Gasteiger partial charge >= 0.3 is 0 Å². The van der Waals surface area contributed by atoms with Crippen molar-refractivity contribution in [3.63, 3.8) is 0 Å². The summed E-state index contributed by atoms with van der Waals surface area (Å²) in [5.74, 6) is 0.943. The molecule has 0 bridgehead atoms. The van der Waals surface area contributed by atoms with Crippen LogP contribution in [0.5, 0.6) is 0 Å². The molecular formula is C17H21N3O. The molecule has 0 aliphatic carbocycles. The van der Waals surface area contributed by atoms with E-state index < -0.39 is 0 Å². The SMILES string of the molecule is CCC1CCN(c2ccc(/C(N)=N/O)c3ccccc23)C1. The first-order valence-corrected chi connectivity index (χ1v) is 7.49. The third-order valence-corrected chi connectivity index (χ3v) is 4.49. The van der Waals surface area contributed by atoms with Gasteiger partial charge in [0.1, 0.15) is 0 Å². The Morgan fingerprint density at radius 2 is 2.05 bits per heavy atom. The van der Waals surface area contributed by atoms with E-state index in [1.165, 1.54) is 23.9 Å². The predicted octanol–water partition coefficient (Wildman–Crippen LogP) is 3.17. The van der Waals surface area contributed by atoms with Crippen LogP contribution in [0.2, 0.25) is 0 Å². The zero-order valence-corrected chi connectivity index (χ0v) is 12.3. The van der Waals surface area contributed by atoms with Crippen molar-refractivity contribution in [2.45, 2.75) is 19.8 Å². The van der Waals surface area contributed by atoms with E-state index >= 15 is 0 Å². The predicted molar refractivity (Wildman–Crippen MR) is 87.1 cm³/mol. The summed E-state index contributed by atoms with van der Waals surface area (Å²) in [6, 6.07) is 12.2. The average Bonchev–Trinajstić information content (AvgIpc) is 3.02. The molecule has 4 nitrogen and oxygen atoms in total. The van der Waals surface area contributed by atoms with Gasteiger partial charge in [-0.1, -0.05) is 42.8 Å². The smallest absolute Gasteiger partial charge is 0.170 e. The summed E-state index contributed by atoms with van der Waals surface area (Å²) >= 11 is 0. The van der Waals surface area contributed by atoms with Gasteiger partial charge in [-0.3, -0.25) is 0 Å². The van der Waals surface area contributed by atoms with Crippen molar-refractivity contribution in [1.82, 2.24) is 0 Å². The molecule has 1 heterocycles. The largest absolute Gasteiger partial charge is 0.409 e. The Morgan fingerprint density at radius 3 is 2.71 bits per heavy atom. The Morgan fingerprint density at radius 1 is 1.29 bits per heavy atom. The highest BCUT2D eigenvalue weighted by Gasteiger charge is 2.23. The molecule has 1 unspecified atom stereocenters. The van der Waals surface area contributed by atoms with Crippen LogP contribution in [-0.2, 0) is 0 Å². The molecule has 2 aromatic rings. The molecule has 3 rings (SSSR count). The molecule has 3 N–H and O–H groups in total. The van der Waals surface area contributed by atoms with E-state index in [4.69, 9.17) is 10.9 Å². The maximum atomic E-state index is 8.95. The van der Waals surface area contributed by atoms with Gasteiger partial charge in [0, 0.05) is 29.7 Å². The van der Waals surface area contributed by atoms with Gasteiger partial charge in [0.25, 0.3) is 0 Å². The first-order valence-electron chi connectivity index (χ1n) is 7.49. The van der Waals surface area contributed by atoms with Gasteiger partial charge in [0.05, 0.1) is 0 Å². The van der Waals surface area contributed by atoms with E-state index in [1.807, 2.05) is 24.3 Å². The highest BCUT2D eigenvalue weighted by atomic mass is 16.4. The van der Waals surface area contributed by atoms with Crippen molar-refractivity contribution in [2.75, 3.05) is 18.0 Å². The minimum Gasteiger partial charge on any atom is -0.409 e. The molecule has 110 valence electrons. The second kappa shape index (κ2) is 5.64. The summed E-state index contributed by atoms with van der Waals surface area (Å²) in [6.45, 7) is 4.47. The Labute approximate surface area is 124 Å². The molecule has 0 radical (unpaired) electrons. The van der Waals surface area contributed by atoms with Crippen LogP contribution in [0.15, 0.2) is 41.6 Å². The van der Waals surface area contributed by atoms with Crippen molar-refractivity contribution in [1.29, 1.82) is 0 Å². The Bertz CT molecular complexity index is 681. The van der Waals surface area contributed by atoms with Crippen molar-refractivity contribution in [2.24, 2.45) is 16.8 Å². The van der Waals surface area contributed by atoms with Gasteiger partial charge in [-0.2, -0.15) is 0 Å². The fraction of sp³-hybridized carbons (Fsp3) is 0.353. The van der Waals surface area contributed by atoms with E-state index in [2.05, 4.69) is 29.1 Å². The molecule has 4 heteroatoms. The fourth-order valence-corrected chi connectivity index (χ4v) is 3.22. The van der Waals surface area contributed by atoms with Gasteiger partial charge in [-0.05, 0) is 29.9 Å². The Balaban J connectivity index is 2.10. The quantitative estimate of drug-likeness (QED) is 0.393. The molecule has 1 fully saturated rings. The number of hydrogen-bond donors (Lipinski definition) is 2. The number of amidine groups is 1. The minimum absolute atomic E-state index is 0.158. The number of fused-ring (bicyclic) bond motifs is 1. The van der Waals surface area contributed by atoms with Crippen LogP contribution in [0, 0.1) is 5.92 Å². The molecule has 1 saturated heterocycles. The topological polar surface area (TPSA) is 61.8 Å². The first kappa shape index (κ1) is 13.7.